The molecule has 9 heteroatoms. The summed E-state index contributed by atoms with van der Waals surface area (Å²) in [5.74, 6) is 5.78. The van der Waals surface area contributed by atoms with Gasteiger partial charge < -0.3 is 0 Å². The molecule has 2 aromatic carbocycles. The number of benzene rings is 2. The molecule has 0 heterocycles. The fraction of sp³-hybridized carbons (Fsp3) is 0.641. The van der Waals surface area contributed by atoms with E-state index in [0.717, 1.165) is 36.5 Å². The number of hydrogen-bond donors (Lipinski definition) is 0. The van der Waals surface area contributed by atoms with Crippen LogP contribution >= 0.6 is 17.9 Å². The van der Waals surface area contributed by atoms with Crippen molar-refractivity contribution in [3.8, 4) is 11.5 Å². The van der Waals surface area contributed by atoms with E-state index in [4.69, 9.17) is 36.9 Å². The molecule has 8 aliphatic carbocycles. The van der Waals surface area contributed by atoms with Crippen LogP contribution in [0.5, 0.6) is 11.5 Å². The first kappa shape index (κ1) is 33.5. The van der Waals surface area contributed by atoms with Crippen molar-refractivity contribution in [1.82, 2.24) is 0 Å². The quantitative estimate of drug-likeness (QED) is 0.186. The molecule has 8 saturated carbocycles. The van der Waals surface area contributed by atoms with Gasteiger partial charge in [0.2, 0.25) is 0 Å². The van der Waals surface area contributed by atoms with Crippen LogP contribution in [0.15, 0.2) is 42.5 Å². The van der Waals surface area contributed by atoms with Gasteiger partial charge in [-0.2, -0.15) is 0 Å². The van der Waals surface area contributed by atoms with Crippen molar-refractivity contribution in [2.24, 2.45) is 47.3 Å². The number of halogens is 2. The Kier molecular flexibility index (Phi) is 8.75. The van der Waals surface area contributed by atoms with Gasteiger partial charge in [0.15, 0.2) is 0 Å². The topological polar surface area (TPSA) is 71.1 Å². The average molecular weight is 811 g/mol. The van der Waals surface area contributed by atoms with Crippen LogP contribution in [0.25, 0.3) is 0 Å². The fourth-order valence-electron chi connectivity index (χ4n) is 11.2. The molecule has 6 nitrogen and oxygen atoms in total. The van der Waals surface area contributed by atoms with Gasteiger partial charge in [0, 0.05) is 0 Å². The summed E-state index contributed by atoms with van der Waals surface area (Å²) < 4.78 is 25.9. The molecule has 48 heavy (non-hydrogen) atoms. The molecule has 8 fully saturated rings. The van der Waals surface area contributed by atoms with E-state index in [0.29, 0.717) is 35.2 Å². The summed E-state index contributed by atoms with van der Waals surface area (Å²) >= 11 is -3.73. The van der Waals surface area contributed by atoms with Crippen molar-refractivity contribution in [3.63, 3.8) is 0 Å². The van der Waals surface area contributed by atoms with E-state index in [2.05, 4.69) is 13.8 Å². The molecule has 0 saturated heterocycles. The maximum atomic E-state index is 13.0. The first-order valence-electron chi connectivity index (χ1n) is 18.0. The fourth-order valence-corrected chi connectivity index (χ4v) is 17.6. The Morgan fingerprint density at radius 1 is 0.646 bits per heavy atom. The van der Waals surface area contributed by atoms with E-state index in [-0.39, 0.29) is 36.4 Å². The van der Waals surface area contributed by atoms with Gasteiger partial charge in [0.1, 0.15) is 0 Å². The molecule has 8 bridgehead atoms. The van der Waals surface area contributed by atoms with Crippen LogP contribution in [0.2, 0.25) is 0 Å². The van der Waals surface area contributed by atoms with Crippen LogP contribution in [0.4, 0.5) is 0 Å². The second-order valence-corrected chi connectivity index (χ2v) is 29.0. The standard InChI is InChI=1S/C39H48Cl2O6Te/c1-23-10-34(8-9-35(23)45-22-37(43)47-39(3)30-17-26-12-27(19-30)20-31(39)18-26)48(40,41)33-6-4-32(5-7-33)44-21-36(42)46-38(2)28-13-24-11-25(15-28)16-29(38)14-24/h4-10,24-31H,11-22H2,1-3H3. The number of aryl methyl sites for hydroxylation is 1. The van der Waals surface area contributed by atoms with Crippen LogP contribution in [0, 0.1) is 54.3 Å². The van der Waals surface area contributed by atoms with Gasteiger partial charge in [-0.25, -0.2) is 0 Å². The predicted molar refractivity (Wildman–Crippen MR) is 188 cm³/mol. The predicted octanol–water partition coefficient (Wildman–Crippen LogP) is 7.30. The van der Waals surface area contributed by atoms with Crippen LogP contribution in [-0.4, -0.2) is 52.3 Å². The van der Waals surface area contributed by atoms with Gasteiger partial charge in [-0.15, -0.1) is 0 Å². The van der Waals surface area contributed by atoms with Gasteiger partial charge in [-0.3, -0.25) is 0 Å². The Morgan fingerprint density at radius 2 is 1.06 bits per heavy atom. The van der Waals surface area contributed by atoms with E-state index in [1.807, 2.05) is 49.4 Å². The van der Waals surface area contributed by atoms with E-state index >= 15 is 0 Å². The van der Waals surface area contributed by atoms with E-state index in [1.54, 1.807) is 0 Å². The van der Waals surface area contributed by atoms with E-state index in [9.17, 15) is 9.59 Å². The summed E-state index contributed by atoms with van der Waals surface area (Å²) in [4.78, 5) is 25.9. The Morgan fingerprint density at radius 3 is 1.50 bits per heavy atom. The molecule has 0 aromatic heterocycles. The van der Waals surface area contributed by atoms with Gasteiger partial charge in [0.05, 0.1) is 0 Å². The number of carbonyl (C=O) groups excluding carboxylic acids is 2. The summed E-state index contributed by atoms with van der Waals surface area (Å²) in [5.41, 5.74) is 0.134. The SMILES string of the molecule is Cc1cc([Te](Cl)(Cl)c2ccc(OCC(=O)OC3(C)C4CC5CC(C4)CC3C5)cc2)ccc1OCC(=O)OC1(C)C2CC3CC(C2)CC1C3. The number of carbonyl (C=O) groups is 2. The van der Waals surface area contributed by atoms with Crippen molar-refractivity contribution in [1.29, 1.82) is 0 Å². The normalized spacial score (nSPS) is 37.7. The van der Waals surface area contributed by atoms with Crippen molar-refractivity contribution in [2.75, 3.05) is 13.2 Å². The second-order valence-electron chi connectivity index (χ2n) is 16.4. The first-order valence-corrected chi connectivity index (χ1v) is 26.2. The van der Waals surface area contributed by atoms with Gasteiger partial charge in [0.25, 0.3) is 0 Å². The minimum absolute atomic E-state index is 0.118. The van der Waals surface area contributed by atoms with Crippen LogP contribution in [0.3, 0.4) is 0 Å². The Balaban J connectivity index is 0.842. The minimum atomic E-state index is -3.73. The van der Waals surface area contributed by atoms with Crippen molar-refractivity contribution in [2.45, 2.75) is 96.2 Å². The summed E-state index contributed by atoms with van der Waals surface area (Å²) in [7, 11) is 14.2. The third-order valence-electron chi connectivity index (χ3n) is 13.5. The molecule has 0 unspecified atom stereocenters. The van der Waals surface area contributed by atoms with Crippen LogP contribution in [0.1, 0.15) is 83.6 Å². The summed E-state index contributed by atoms with van der Waals surface area (Å²) in [6.07, 6.45) is 12.2. The third-order valence-corrected chi connectivity index (χ3v) is 23.1. The number of ether oxygens (including phenoxy) is 4. The summed E-state index contributed by atoms with van der Waals surface area (Å²) in [6.45, 7) is 6.01. The third kappa shape index (κ3) is 6.05. The number of hydrogen-bond acceptors (Lipinski definition) is 6. The van der Waals surface area contributed by atoms with E-state index < -0.39 is 15.9 Å². The second kappa shape index (κ2) is 12.5. The molecule has 0 spiro atoms. The van der Waals surface area contributed by atoms with Crippen LogP contribution in [-0.2, 0) is 19.1 Å². The van der Waals surface area contributed by atoms with Gasteiger partial charge >= 0.3 is 285 Å². The van der Waals surface area contributed by atoms with E-state index in [1.165, 1.54) is 64.2 Å². The van der Waals surface area contributed by atoms with Crippen molar-refractivity contribution in [3.05, 3.63) is 48.0 Å². The van der Waals surface area contributed by atoms with Crippen LogP contribution < -0.4 is 16.7 Å². The zero-order valence-corrected chi connectivity index (χ0v) is 32.1. The van der Waals surface area contributed by atoms with Gasteiger partial charge in [-0.05, 0) is 12.8 Å². The van der Waals surface area contributed by atoms with Crippen molar-refractivity contribution < 1.29 is 28.5 Å². The molecule has 0 atom stereocenters. The number of esters is 2. The Bertz CT molecular complexity index is 1520. The molecule has 2 aromatic rings. The van der Waals surface area contributed by atoms with Crippen molar-refractivity contribution >= 4 is 53.0 Å². The molecule has 0 N–H and O–H groups in total. The number of rotatable bonds is 10. The Labute approximate surface area is 296 Å². The van der Waals surface area contributed by atoms with Gasteiger partial charge in [-0.1, -0.05) is 0 Å². The maximum absolute atomic E-state index is 13.0. The molecule has 8 aliphatic rings. The molecule has 0 aliphatic heterocycles. The first-order chi connectivity index (χ1) is 22.9. The molecule has 10 rings (SSSR count). The molecule has 0 amide bonds. The summed E-state index contributed by atoms with van der Waals surface area (Å²) in [6, 6.07) is 13.1. The molecular weight excluding hydrogens is 763 g/mol. The molecule has 0 radical (unpaired) electrons. The Hall–Kier alpha value is -1.65. The zero-order valence-electron chi connectivity index (χ0n) is 28.3. The summed E-state index contributed by atoms with van der Waals surface area (Å²) in [5, 5.41) is 0. The molecule has 260 valence electrons. The zero-order chi connectivity index (χ0) is 33.4. The molecular formula is C39H48Cl2O6Te. The monoisotopic (exact) mass is 812 g/mol. The average Bonchev–Trinajstić information content (AvgIpc) is 3.04.